The van der Waals surface area contributed by atoms with Crippen molar-refractivity contribution in [2.75, 3.05) is 32.7 Å². The predicted octanol–water partition coefficient (Wildman–Crippen LogP) is 0.874. The molecule has 0 bridgehead atoms. The predicted molar refractivity (Wildman–Crippen MR) is 296 cm³/mol. The third-order valence-corrected chi connectivity index (χ3v) is 15.9. The van der Waals surface area contributed by atoms with Crippen molar-refractivity contribution in [2.24, 2.45) is 28.1 Å². The molecule has 0 aliphatic carbocycles. The van der Waals surface area contributed by atoms with E-state index in [0.717, 1.165) is 22.0 Å². The Morgan fingerprint density at radius 2 is 1.25 bits per heavy atom. The van der Waals surface area contributed by atoms with E-state index in [1.54, 1.807) is 25.3 Å². The number of aliphatic carboxylic acids is 1. The number of nitrogens with zero attached hydrogens (tertiary/aromatic N) is 5. The number of H-pyrrole nitrogens is 1. The number of alkyl carbamates (subject to hydrolysis) is 1. The van der Waals surface area contributed by atoms with Gasteiger partial charge in [-0.25, -0.2) is 9.59 Å². The molecule has 0 spiro atoms. The number of fused-ring (bicyclic) bond motifs is 1. The van der Waals surface area contributed by atoms with Crippen LogP contribution in [0.3, 0.4) is 0 Å². The maximum atomic E-state index is 14.8. The van der Waals surface area contributed by atoms with Gasteiger partial charge in [-0.2, -0.15) is 0 Å². The molecule has 4 saturated heterocycles. The highest BCUT2D eigenvalue weighted by atomic mass is 16.5. The third kappa shape index (κ3) is 15.4. The number of ether oxygens (including phenoxy) is 1. The molecule has 12 N–H and O–H groups in total. The Balaban J connectivity index is 1.06. The monoisotopic (exact) mass is 1120 g/mol. The molecule has 4 aliphatic rings. The number of para-hydroxylation sites is 1. The Labute approximate surface area is 469 Å². The van der Waals surface area contributed by atoms with E-state index in [9.17, 15) is 53.1 Å². The van der Waals surface area contributed by atoms with Crippen molar-refractivity contribution in [1.82, 2.24) is 45.9 Å². The average Bonchev–Trinajstić information content (AvgIpc) is 4.54. The van der Waals surface area contributed by atoms with Crippen LogP contribution in [0, 0.1) is 5.92 Å². The molecule has 7 rings (SSSR count). The number of guanidine groups is 1. The number of primary amides is 1. The van der Waals surface area contributed by atoms with Crippen LogP contribution >= 0.6 is 0 Å². The van der Waals surface area contributed by atoms with Crippen LogP contribution < -0.4 is 38.5 Å². The van der Waals surface area contributed by atoms with E-state index < -0.39 is 114 Å². The van der Waals surface area contributed by atoms with Crippen molar-refractivity contribution in [3.63, 3.8) is 0 Å². The van der Waals surface area contributed by atoms with Gasteiger partial charge in [0, 0.05) is 62.7 Å². The van der Waals surface area contributed by atoms with Crippen molar-refractivity contribution in [1.29, 1.82) is 0 Å². The molecular weight excluding hydrogens is 1050 g/mol. The summed E-state index contributed by atoms with van der Waals surface area (Å²) >= 11 is 0. The number of aliphatic imine (C=N–C) groups is 1. The number of hydrogen-bond acceptors (Lipinski definition) is 12. The highest BCUT2D eigenvalue weighted by molar-refractivity contribution is 5.99. The lowest BCUT2D eigenvalue weighted by molar-refractivity contribution is -0.152. The number of aromatic nitrogens is 1. The topological polar surface area (TPSA) is 367 Å². The standard InChI is InChI=1S/C56H77N13O12/c1-3-33(2)46(53(77)68-28-12-21-43(68)52(76)69-29-13-22-44(69)54(78)79)65-47(71)38(23-24-45(57)70)62-48(72)41-19-10-26-66(41)50(74)39(18-9-25-60-55(58)59)63-49(73)42-20-11-27-67(42)51(75)40(30-35-31-61-37-17-8-7-16-36(35)37)64-56(80)81-32-34-14-5-4-6-15-34/h4-8,14-17,31,33,38-44,46,61H,3,9-13,18-30,32H2,1-2H3,(H2,57,70)(H,62,72)(H,63,73)(H,64,80)(H,65,71)(H,78,79)(H4,58,59,60). The molecule has 9 unspecified atom stereocenters. The molecule has 1 aromatic heterocycles. The second-order valence-corrected chi connectivity index (χ2v) is 21.4. The third-order valence-electron chi connectivity index (χ3n) is 15.9. The number of nitrogens with two attached hydrogens (primary N) is 3. The quantitative estimate of drug-likeness (QED) is 0.0323. The fourth-order valence-corrected chi connectivity index (χ4v) is 11.4. The number of hydrogen-bond donors (Lipinski definition) is 9. The Bertz CT molecular complexity index is 2810. The minimum Gasteiger partial charge on any atom is -0.480 e. The molecule has 5 heterocycles. The van der Waals surface area contributed by atoms with Crippen LogP contribution in [0.25, 0.3) is 10.9 Å². The minimum absolute atomic E-state index is 0.0151. The maximum absolute atomic E-state index is 14.8. The number of carbonyl (C=O) groups excluding carboxylic acids is 9. The number of rotatable bonds is 25. The van der Waals surface area contributed by atoms with Crippen LogP contribution in [0.1, 0.15) is 108 Å². The molecule has 25 nitrogen and oxygen atoms in total. The number of nitrogens with one attached hydrogen (secondary N) is 5. The minimum atomic E-state index is -1.42. The first-order chi connectivity index (χ1) is 38.9. The van der Waals surface area contributed by atoms with Crippen LogP contribution in [0.4, 0.5) is 4.79 Å². The van der Waals surface area contributed by atoms with Crippen LogP contribution in [0.5, 0.6) is 0 Å². The molecule has 2 aromatic carbocycles. The molecule has 9 atom stereocenters. The van der Waals surface area contributed by atoms with Gasteiger partial charge in [0.2, 0.25) is 47.3 Å². The molecule has 9 amide bonds. The zero-order valence-electron chi connectivity index (χ0n) is 46.0. The van der Waals surface area contributed by atoms with Gasteiger partial charge in [0.15, 0.2) is 5.96 Å². The molecule has 81 heavy (non-hydrogen) atoms. The van der Waals surface area contributed by atoms with Crippen LogP contribution in [-0.2, 0) is 60.9 Å². The SMILES string of the molecule is CCC(C)C(NC(=O)C(CCC(N)=O)NC(=O)C1CCCN1C(=O)C(CCCN=C(N)N)NC(=O)C1CCCN1C(=O)C(Cc1c[nH]c2ccccc12)NC(=O)OCc1ccccc1)C(=O)N1CCCC1C(=O)N1CCCC1C(=O)O. The number of carboxylic acid groups (broad SMARTS) is 1. The molecule has 4 aliphatic heterocycles. The van der Waals surface area contributed by atoms with Gasteiger partial charge in [0.25, 0.3) is 0 Å². The summed E-state index contributed by atoms with van der Waals surface area (Å²) in [6, 6.07) is 7.39. The first-order valence-corrected chi connectivity index (χ1v) is 28.1. The van der Waals surface area contributed by atoms with E-state index >= 15 is 0 Å². The van der Waals surface area contributed by atoms with Crippen LogP contribution in [-0.4, -0.2) is 176 Å². The van der Waals surface area contributed by atoms with Crippen LogP contribution in [0.15, 0.2) is 65.8 Å². The maximum Gasteiger partial charge on any atom is 0.408 e. The van der Waals surface area contributed by atoms with E-state index in [2.05, 4.69) is 31.2 Å². The highest BCUT2D eigenvalue weighted by Crippen LogP contribution is 2.29. The Morgan fingerprint density at radius 3 is 1.86 bits per heavy atom. The summed E-state index contributed by atoms with van der Waals surface area (Å²) < 4.78 is 5.53. The number of amides is 9. The van der Waals surface area contributed by atoms with Crippen LogP contribution in [0.2, 0.25) is 0 Å². The van der Waals surface area contributed by atoms with Gasteiger partial charge in [-0.3, -0.25) is 43.3 Å². The Morgan fingerprint density at radius 1 is 0.679 bits per heavy atom. The second-order valence-electron chi connectivity index (χ2n) is 21.4. The number of carboxylic acids is 1. The molecule has 4 fully saturated rings. The summed E-state index contributed by atoms with van der Waals surface area (Å²) in [6.45, 7) is 4.31. The van der Waals surface area contributed by atoms with Gasteiger partial charge in [-0.05, 0) is 93.7 Å². The van der Waals surface area contributed by atoms with Gasteiger partial charge < -0.3 is 72.9 Å². The van der Waals surface area contributed by atoms with E-state index in [0.29, 0.717) is 44.9 Å². The van der Waals surface area contributed by atoms with Gasteiger partial charge in [0.05, 0.1) is 0 Å². The van der Waals surface area contributed by atoms with E-state index in [4.69, 9.17) is 21.9 Å². The van der Waals surface area contributed by atoms with Crippen molar-refractivity contribution >= 4 is 76.2 Å². The summed E-state index contributed by atoms with van der Waals surface area (Å²) in [6.07, 6.45) is 3.81. The smallest absolute Gasteiger partial charge is 0.408 e. The fraction of sp³-hybridized carbons (Fsp3) is 0.554. The van der Waals surface area contributed by atoms with Crippen molar-refractivity contribution in [3.05, 3.63) is 71.9 Å². The average molecular weight is 1120 g/mol. The fourth-order valence-electron chi connectivity index (χ4n) is 11.4. The van der Waals surface area contributed by atoms with Gasteiger partial charge in [-0.1, -0.05) is 68.8 Å². The number of likely N-dealkylation sites (tertiary alicyclic amines) is 4. The van der Waals surface area contributed by atoms with Crippen molar-refractivity contribution in [3.8, 4) is 0 Å². The summed E-state index contributed by atoms with van der Waals surface area (Å²) in [5.41, 5.74) is 19.0. The summed E-state index contributed by atoms with van der Waals surface area (Å²) in [5.74, 6) is -6.92. The second kappa shape index (κ2) is 28.3. The number of benzene rings is 2. The first kappa shape index (κ1) is 60.4. The van der Waals surface area contributed by atoms with E-state index in [-0.39, 0.29) is 90.2 Å². The molecule has 0 radical (unpaired) electrons. The highest BCUT2D eigenvalue weighted by Gasteiger charge is 2.46. The Kier molecular flexibility index (Phi) is 21.1. The molecular formula is C56H77N13O12. The van der Waals surface area contributed by atoms with Crippen molar-refractivity contribution in [2.45, 2.75) is 159 Å². The number of aromatic amines is 1. The molecule has 438 valence electrons. The largest absolute Gasteiger partial charge is 0.480 e. The summed E-state index contributed by atoms with van der Waals surface area (Å²) in [7, 11) is 0. The molecule has 3 aromatic rings. The lowest BCUT2D eigenvalue weighted by Crippen LogP contribution is -2.60. The zero-order chi connectivity index (χ0) is 58.3. The normalized spacial score (nSPS) is 20.6. The molecule has 0 saturated carbocycles. The Hall–Kier alpha value is -8.25. The van der Waals surface area contributed by atoms with Crippen molar-refractivity contribution < 1.29 is 57.8 Å². The molecule has 25 heteroatoms. The lowest BCUT2D eigenvalue weighted by atomic mass is 9.96. The van der Waals surface area contributed by atoms with Gasteiger partial charge >= 0.3 is 12.1 Å². The van der Waals surface area contributed by atoms with Gasteiger partial charge in [-0.15, -0.1) is 0 Å². The summed E-state index contributed by atoms with van der Waals surface area (Å²) in [4.78, 5) is 151. The summed E-state index contributed by atoms with van der Waals surface area (Å²) in [5, 5.41) is 21.7. The van der Waals surface area contributed by atoms with E-state index in [1.165, 1.54) is 19.6 Å². The first-order valence-electron chi connectivity index (χ1n) is 28.1. The van der Waals surface area contributed by atoms with Gasteiger partial charge in [0.1, 0.15) is 54.9 Å². The zero-order valence-corrected chi connectivity index (χ0v) is 46.0. The van der Waals surface area contributed by atoms with E-state index in [1.807, 2.05) is 49.4 Å². The number of carbonyl (C=O) groups is 10. The lowest BCUT2D eigenvalue weighted by Gasteiger charge is -2.34.